The maximum absolute atomic E-state index is 7.00. The average molecular weight is 730 g/mol. The van der Waals surface area contributed by atoms with Crippen molar-refractivity contribution in [3.63, 3.8) is 0 Å². The average Bonchev–Trinajstić information content (AvgIpc) is 3.79. The van der Waals surface area contributed by atoms with Crippen LogP contribution in [0.25, 0.3) is 78.4 Å². The van der Waals surface area contributed by atoms with Gasteiger partial charge in [-0.05, 0) is 58.1 Å². The first-order valence-electron chi connectivity index (χ1n) is 19.2. The maximum atomic E-state index is 7.00. The normalized spacial score (nSPS) is 13.2. The molecule has 0 unspecified atom stereocenters. The second-order valence-electron chi connectivity index (χ2n) is 14.7. The summed E-state index contributed by atoms with van der Waals surface area (Å²) >= 11 is 0. The summed E-state index contributed by atoms with van der Waals surface area (Å²) in [5, 5.41) is 2.15. The Bertz CT molecular complexity index is 3120. The molecule has 0 saturated heterocycles. The minimum atomic E-state index is -0.566. The van der Waals surface area contributed by atoms with Crippen molar-refractivity contribution in [3.8, 4) is 67.9 Å². The van der Waals surface area contributed by atoms with Crippen LogP contribution < -0.4 is 4.74 Å². The van der Waals surface area contributed by atoms with Crippen LogP contribution in [0.1, 0.15) is 22.3 Å². The molecule has 3 heterocycles. The molecule has 1 spiro atoms. The molecule has 0 N–H and O–H groups in total. The Morgan fingerprint density at radius 1 is 0.351 bits per heavy atom. The van der Waals surface area contributed by atoms with E-state index in [2.05, 4.69) is 115 Å². The Labute approximate surface area is 328 Å². The van der Waals surface area contributed by atoms with E-state index in [4.69, 9.17) is 24.1 Å². The fourth-order valence-corrected chi connectivity index (χ4v) is 9.13. The number of fused-ring (bicyclic) bond motifs is 12. The van der Waals surface area contributed by atoms with Crippen molar-refractivity contribution in [1.29, 1.82) is 0 Å². The van der Waals surface area contributed by atoms with Gasteiger partial charge >= 0.3 is 0 Å². The van der Waals surface area contributed by atoms with Crippen molar-refractivity contribution in [2.45, 2.75) is 5.41 Å². The zero-order valence-electron chi connectivity index (χ0n) is 30.6. The van der Waals surface area contributed by atoms with Crippen LogP contribution in [0.2, 0.25) is 0 Å². The third-order valence-corrected chi connectivity index (χ3v) is 11.6. The number of rotatable bonds is 4. The third-order valence-electron chi connectivity index (χ3n) is 11.6. The molecule has 0 saturated carbocycles. The van der Waals surface area contributed by atoms with Gasteiger partial charge in [-0.3, -0.25) is 0 Å². The molecule has 5 heteroatoms. The summed E-state index contributed by atoms with van der Waals surface area (Å²) < 4.78 is 13.6. The summed E-state index contributed by atoms with van der Waals surface area (Å²) in [4.78, 5) is 14.9. The SMILES string of the molecule is c1ccc(-c2nc(-c3ccccc3)nc(-c3cccc(-c4cccc5c4oc4cc6c(cc45)-c4ccccc4C64c5ccccc5Oc5ccccc54)c3)n2)cc1. The molecule has 0 fully saturated rings. The number of para-hydroxylation sites is 3. The molecule has 57 heavy (non-hydrogen) atoms. The minimum absolute atomic E-state index is 0.566. The highest BCUT2D eigenvalue weighted by molar-refractivity contribution is 6.12. The number of furan rings is 1. The van der Waals surface area contributed by atoms with Gasteiger partial charge in [0.05, 0.1) is 5.41 Å². The van der Waals surface area contributed by atoms with Crippen molar-refractivity contribution in [3.05, 3.63) is 210 Å². The molecule has 12 rings (SSSR count). The quantitative estimate of drug-likeness (QED) is 0.180. The van der Waals surface area contributed by atoms with Gasteiger partial charge in [0.25, 0.3) is 0 Å². The monoisotopic (exact) mass is 729 g/mol. The Hall–Kier alpha value is -7.63. The number of hydrogen-bond acceptors (Lipinski definition) is 5. The molecule has 0 atom stereocenters. The highest BCUT2D eigenvalue weighted by Gasteiger charge is 2.51. The standard InChI is InChI=1S/C52H31N3O2/c1-3-15-32(16-4-1)49-53-50(33-17-5-2-6-18-33)55-51(54-49)35-20-13-19-34(29-35)36-22-14-23-38-40-30-39-37-21-7-8-24-41(37)52(44(39)31-47(40)57-48(36)38)42-25-9-11-27-45(42)56-46-28-12-10-26-43(46)52/h1-31H. The van der Waals surface area contributed by atoms with E-state index >= 15 is 0 Å². The van der Waals surface area contributed by atoms with E-state index in [1.54, 1.807) is 0 Å². The summed E-state index contributed by atoms with van der Waals surface area (Å²) in [7, 11) is 0. The summed E-state index contributed by atoms with van der Waals surface area (Å²) in [6, 6.07) is 65.3. The third kappa shape index (κ3) is 4.66. The van der Waals surface area contributed by atoms with Gasteiger partial charge < -0.3 is 9.15 Å². The molecule has 8 aromatic carbocycles. The van der Waals surface area contributed by atoms with Gasteiger partial charge in [-0.25, -0.2) is 15.0 Å². The van der Waals surface area contributed by atoms with Crippen molar-refractivity contribution < 1.29 is 9.15 Å². The zero-order chi connectivity index (χ0) is 37.5. The van der Waals surface area contributed by atoms with E-state index in [1.807, 2.05) is 72.8 Å². The van der Waals surface area contributed by atoms with Crippen LogP contribution in [0.3, 0.4) is 0 Å². The molecule has 0 bridgehead atoms. The number of ether oxygens (including phenoxy) is 1. The first-order valence-corrected chi connectivity index (χ1v) is 19.2. The topological polar surface area (TPSA) is 61.0 Å². The lowest BCUT2D eigenvalue weighted by atomic mass is 9.66. The molecule has 266 valence electrons. The number of benzene rings is 8. The van der Waals surface area contributed by atoms with E-state index in [0.29, 0.717) is 17.5 Å². The first kappa shape index (κ1) is 31.7. The van der Waals surface area contributed by atoms with E-state index < -0.39 is 5.41 Å². The van der Waals surface area contributed by atoms with Crippen LogP contribution in [-0.2, 0) is 5.41 Å². The molecular weight excluding hydrogens is 699 g/mol. The van der Waals surface area contributed by atoms with Gasteiger partial charge in [0.2, 0.25) is 0 Å². The predicted octanol–water partition coefficient (Wildman–Crippen LogP) is 12.9. The van der Waals surface area contributed by atoms with E-state index in [9.17, 15) is 0 Å². The summed E-state index contributed by atoms with van der Waals surface area (Å²) in [6.45, 7) is 0. The highest BCUT2D eigenvalue weighted by Crippen LogP contribution is 2.62. The molecule has 1 aliphatic heterocycles. The molecule has 0 amide bonds. The lowest BCUT2D eigenvalue weighted by Crippen LogP contribution is -2.32. The molecule has 5 nitrogen and oxygen atoms in total. The van der Waals surface area contributed by atoms with Crippen LogP contribution in [0, 0.1) is 0 Å². The Morgan fingerprint density at radius 2 is 0.877 bits per heavy atom. The Morgan fingerprint density at radius 3 is 1.56 bits per heavy atom. The molecule has 10 aromatic rings. The van der Waals surface area contributed by atoms with E-state index in [0.717, 1.165) is 72.4 Å². The molecule has 0 radical (unpaired) electrons. The van der Waals surface area contributed by atoms with Gasteiger partial charge in [0.15, 0.2) is 17.5 Å². The lowest BCUT2D eigenvalue weighted by Gasteiger charge is -2.39. The van der Waals surface area contributed by atoms with Crippen molar-refractivity contribution in [2.24, 2.45) is 0 Å². The first-order chi connectivity index (χ1) is 28.2. The van der Waals surface area contributed by atoms with Crippen molar-refractivity contribution >= 4 is 21.9 Å². The van der Waals surface area contributed by atoms with Crippen LogP contribution in [0.4, 0.5) is 0 Å². The van der Waals surface area contributed by atoms with Crippen molar-refractivity contribution in [1.82, 2.24) is 15.0 Å². The van der Waals surface area contributed by atoms with E-state index in [-0.39, 0.29) is 0 Å². The van der Waals surface area contributed by atoms with Gasteiger partial charge in [0, 0.05) is 44.2 Å². The summed E-state index contributed by atoms with van der Waals surface area (Å²) in [5.41, 5.74) is 13.0. The van der Waals surface area contributed by atoms with E-state index in [1.165, 1.54) is 22.3 Å². The van der Waals surface area contributed by atoms with Crippen LogP contribution in [-0.4, -0.2) is 15.0 Å². The second kappa shape index (κ2) is 12.2. The lowest BCUT2D eigenvalue weighted by molar-refractivity contribution is 0.436. The molecular formula is C52H31N3O2. The Balaban J connectivity index is 1.05. The molecule has 2 aliphatic rings. The number of nitrogens with zero attached hydrogens (tertiary/aromatic N) is 3. The molecule has 1 aliphatic carbocycles. The van der Waals surface area contributed by atoms with Crippen molar-refractivity contribution in [2.75, 3.05) is 0 Å². The van der Waals surface area contributed by atoms with Crippen LogP contribution >= 0.6 is 0 Å². The highest BCUT2D eigenvalue weighted by atomic mass is 16.5. The zero-order valence-corrected chi connectivity index (χ0v) is 30.6. The summed E-state index contributed by atoms with van der Waals surface area (Å²) in [6.07, 6.45) is 0. The summed E-state index contributed by atoms with van der Waals surface area (Å²) in [5.74, 6) is 3.61. The smallest absolute Gasteiger partial charge is 0.164 e. The second-order valence-corrected chi connectivity index (χ2v) is 14.7. The van der Waals surface area contributed by atoms with Crippen LogP contribution in [0.15, 0.2) is 192 Å². The maximum Gasteiger partial charge on any atom is 0.164 e. The Kier molecular flexibility index (Phi) is 6.78. The van der Waals surface area contributed by atoms with Crippen LogP contribution in [0.5, 0.6) is 11.5 Å². The number of hydrogen-bond donors (Lipinski definition) is 0. The van der Waals surface area contributed by atoms with Gasteiger partial charge in [0.1, 0.15) is 22.7 Å². The minimum Gasteiger partial charge on any atom is -0.457 e. The van der Waals surface area contributed by atoms with Gasteiger partial charge in [-0.1, -0.05) is 158 Å². The number of aromatic nitrogens is 3. The molecule has 2 aromatic heterocycles. The fraction of sp³-hybridized carbons (Fsp3) is 0.0192. The van der Waals surface area contributed by atoms with Gasteiger partial charge in [-0.15, -0.1) is 0 Å². The fourth-order valence-electron chi connectivity index (χ4n) is 9.13. The largest absolute Gasteiger partial charge is 0.457 e. The van der Waals surface area contributed by atoms with Gasteiger partial charge in [-0.2, -0.15) is 0 Å². The predicted molar refractivity (Wildman–Crippen MR) is 226 cm³/mol.